The Hall–Kier alpha value is -3.00. The molecule has 0 N–H and O–H groups in total. The van der Waals surface area contributed by atoms with Crippen LogP contribution >= 0.6 is 0 Å². The molecule has 0 radical (unpaired) electrons. The number of methoxy groups -OCH3 is 1. The lowest BCUT2D eigenvalue weighted by atomic mass is 10.2. The Kier molecular flexibility index (Phi) is 5.80. The molecule has 1 atom stereocenters. The van der Waals surface area contributed by atoms with Crippen molar-refractivity contribution < 1.29 is 14.3 Å². The average molecular weight is 324 g/mol. The minimum absolute atomic E-state index is 0.134. The monoisotopic (exact) mass is 324 g/mol. The molecule has 24 heavy (non-hydrogen) atoms. The van der Waals surface area contributed by atoms with E-state index in [1.165, 1.54) is 7.11 Å². The first-order chi connectivity index (χ1) is 11.5. The van der Waals surface area contributed by atoms with Gasteiger partial charge in [0.25, 0.3) is 5.91 Å². The van der Waals surface area contributed by atoms with Crippen molar-refractivity contribution >= 4 is 5.91 Å². The number of amides is 1. The fourth-order valence-electron chi connectivity index (χ4n) is 2.32. The van der Waals surface area contributed by atoms with Crippen LogP contribution in [0.3, 0.4) is 0 Å². The molecule has 0 aliphatic heterocycles. The predicted octanol–water partition coefficient (Wildman–Crippen LogP) is 2.99. The normalized spacial score (nSPS) is 11.2. The van der Waals surface area contributed by atoms with Gasteiger partial charge in [0.15, 0.2) is 17.6 Å². The molecule has 0 saturated heterocycles. The number of likely N-dealkylation sites (N-methyl/N-ethyl adjacent to an activating group) is 1. The van der Waals surface area contributed by atoms with E-state index in [0.717, 1.165) is 5.56 Å². The number of carbonyl (C=O) groups is 1. The van der Waals surface area contributed by atoms with Gasteiger partial charge in [-0.05, 0) is 24.6 Å². The molecule has 0 spiro atoms. The first kappa shape index (κ1) is 17.4. The Balaban J connectivity index is 2.05. The van der Waals surface area contributed by atoms with Crippen LogP contribution in [-0.4, -0.2) is 31.1 Å². The molecule has 5 nitrogen and oxygen atoms in total. The van der Waals surface area contributed by atoms with Crippen LogP contribution in [-0.2, 0) is 11.3 Å². The molecule has 124 valence electrons. The van der Waals surface area contributed by atoms with Gasteiger partial charge in [-0.15, -0.1) is 0 Å². The maximum atomic E-state index is 12.5. The summed E-state index contributed by atoms with van der Waals surface area (Å²) in [6.45, 7) is 2.21. The van der Waals surface area contributed by atoms with Crippen LogP contribution < -0.4 is 9.47 Å². The Morgan fingerprint density at radius 1 is 1.21 bits per heavy atom. The number of hydrogen-bond acceptors (Lipinski definition) is 4. The van der Waals surface area contributed by atoms with Crippen LogP contribution in [0.2, 0.25) is 0 Å². The summed E-state index contributed by atoms with van der Waals surface area (Å²) in [6.07, 6.45) is -0.666. The number of rotatable bonds is 6. The van der Waals surface area contributed by atoms with Crippen LogP contribution in [0.25, 0.3) is 0 Å². The summed E-state index contributed by atoms with van der Waals surface area (Å²) in [5.74, 6) is 0.732. The molecule has 0 saturated carbocycles. The standard InChI is InChI=1S/C19H20N2O3/c1-14(19(22)21(2)13-15-7-5-4-6-8-15)24-17-10-9-16(12-20)11-18(17)23-3/h4-11,14H,13H2,1-3H3/t14-/m1/s1. The number of benzene rings is 2. The SMILES string of the molecule is COc1cc(C#N)ccc1O[C@H](C)C(=O)N(C)Cc1ccccc1. The van der Waals surface area contributed by atoms with Gasteiger partial charge in [-0.3, -0.25) is 4.79 Å². The third-order valence-electron chi connectivity index (χ3n) is 3.58. The summed E-state index contributed by atoms with van der Waals surface area (Å²) in [7, 11) is 3.24. The van der Waals surface area contributed by atoms with Gasteiger partial charge in [0.05, 0.1) is 18.7 Å². The minimum atomic E-state index is -0.666. The number of ether oxygens (including phenoxy) is 2. The zero-order valence-corrected chi connectivity index (χ0v) is 14.0. The maximum absolute atomic E-state index is 12.5. The molecule has 0 bridgehead atoms. The first-order valence-electron chi connectivity index (χ1n) is 7.59. The van der Waals surface area contributed by atoms with Crippen molar-refractivity contribution in [3.05, 3.63) is 59.7 Å². The largest absolute Gasteiger partial charge is 0.493 e. The summed E-state index contributed by atoms with van der Waals surface area (Å²) in [6, 6.07) is 16.6. The Morgan fingerprint density at radius 2 is 1.92 bits per heavy atom. The zero-order valence-electron chi connectivity index (χ0n) is 14.0. The van der Waals surface area contributed by atoms with E-state index in [-0.39, 0.29) is 5.91 Å². The second-order valence-electron chi connectivity index (χ2n) is 5.42. The van der Waals surface area contributed by atoms with Gasteiger partial charge in [-0.2, -0.15) is 5.26 Å². The van der Waals surface area contributed by atoms with Gasteiger partial charge < -0.3 is 14.4 Å². The lowest BCUT2D eigenvalue weighted by molar-refractivity contribution is -0.137. The van der Waals surface area contributed by atoms with E-state index in [0.29, 0.717) is 23.6 Å². The number of carbonyl (C=O) groups excluding carboxylic acids is 1. The van der Waals surface area contributed by atoms with E-state index in [1.807, 2.05) is 36.4 Å². The summed E-state index contributed by atoms with van der Waals surface area (Å²) in [5.41, 5.74) is 1.52. The highest BCUT2D eigenvalue weighted by Gasteiger charge is 2.21. The third kappa shape index (κ3) is 4.26. The summed E-state index contributed by atoms with van der Waals surface area (Å²) in [5, 5.41) is 8.92. The Labute approximate surface area is 142 Å². The Bertz CT molecular complexity index is 738. The summed E-state index contributed by atoms with van der Waals surface area (Å²) in [4.78, 5) is 14.1. The van der Waals surface area contributed by atoms with Gasteiger partial charge in [0.2, 0.25) is 0 Å². The van der Waals surface area contributed by atoms with Crippen molar-refractivity contribution in [1.29, 1.82) is 5.26 Å². The molecule has 1 amide bonds. The van der Waals surface area contributed by atoms with Crippen molar-refractivity contribution in [3.8, 4) is 17.6 Å². The molecule has 0 fully saturated rings. The molecule has 0 aromatic heterocycles. The van der Waals surface area contributed by atoms with E-state index in [4.69, 9.17) is 14.7 Å². The van der Waals surface area contributed by atoms with Crippen molar-refractivity contribution in [2.45, 2.75) is 19.6 Å². The third-order valence-corrected chi connectivity index (χ3v) is 3.58. The van der Waals surface area contributed by atoms with Gasteiger partial charge in [0, 0.05) is 19.7 Å². The zero-order chi connectivity index (χ0) is 17.5. The highest BCUT2D eigenvalue weighted by Crippen LogP contribution is 2.29. The molecule has 2 rings (SSSR count). The number of nitriles is 1. The van der Waals surface area contributed by atoms with Gasteiger partial charge in [-0.1, -0.05) is 30.3 Å². The van der Waals surface area contributed by atoms with E-state index < -0.39 is 6.10 Å². The van der Waals surface area contributed by atoms with Crippen LogP contribution in [0, 0.1) is 11.3 Å². The molecule has 0 aliphatic rings. The van der Waals surface area contributed by atoms with E-state index >= 15 is 0 Å². The molecule has 2 aromatic rings. The second kappa shape index (κ2) is 8.02. The highest BCUT2D eigenvalue weighted by atomic mass is 16.5. The van der Waals surface area contributed by atoms with Crippen molar-refractivity contribution in [2.24, 2.45) is 0 Å². The van der Waals surface area contributed by atoms with Crippen molar-refractivity contribution in [3.63, 3.8) is 0 Å². The average Bonchev–Trinajstić information content (AvgIpc) is 2.62. The topological polar surface area (TPSA) is 62.6 Å². The predicted molar refractivity (Wildman–Crippen MR) is 90.7 cm³/mol. The summed E-state index contributed by atoms with van der Waals surface area (Å²) >= 11 is 0. The van der Waals surface area contributed by atoms with Crippen LogP contribution in [0.4, 0.5) is 0 Å². The molecule has 2 aromatic carbocycles. The lowest BCUT2D eigenvalue weighted by Crippen LogP contribution is -2.37. The Morgan fingerprint density at radius 3 is 2.54 bits per heavy atom. The number of nitrogens with zero attached hydrogens (tertiary/aromatic N) is 2. The molecule has 5 heteroatoms. The highest BCUT2D eigenvalue weighted by molar-refractivity contribution is 5.80. The first-order valence-corrected chi connectivity index (χ1v) is 7.59. The minimum Gasteiger partial charge on any atom is -0.493 e. The van der Waals surface area contributed by atoms with E-state index in [1.54, 1.807) is 37.1 Å². The molecule has 0 heterocycles. The molecule has 0 unspecified atom stereocenters. The van der Waals surface area contributed by atoms with Crippen molar-refractivity contribution in [2.75, 3.05) is 14.2 Å². The quantitative estimate of drug-likeness (QED) is 0.819. The van der Waals surface area contributed by atoms with Gasteiger partial charge in [-0.25, -0.2) is 0 Å². The van der Waals surface area contributed by atoms with Crippen LogP contribution in [0.5, 0.6) is 11.5 Å². The molecular weight excluding hydrogens is 304 g/mol. The maximum Gasteiger partial charge on any atom is 0.263 e. The van der Waals surface area contributed by atoms with Gasteiger partial charge >= 0.3 is 0 Å². The summed E-state index contributed by atoms with van der Waals surface area (Å²) < 4.78 is 11.0. The molecular formula is C19H20N2O3. The second-order valence-corrected chi connectivity index (χ2v) is 5.42. The van der Waals surface area contributed by atoms with E-state index in [2.05, 4.69) is 0 Å². The fraction of sp³-hybridized carbons (Fsp3) is 0.263. The fourth-order valence-corrected chi connectivity index (χ4v) is 2.32. The smallest absolute Gasteiger partial charge is 0.263 e. The lowest BCUT2D eigenvalue weighted by Gasteiger charge is -2.23. The van der Waals surface area contributed by atoms with Gasteiger partial charge in [0.1, 0.15) is 0 Å². The molecule has 0 aliphatic carbocycles. The van der Waals surface area contributed by atoms with Crippen LogP contribution in [0.15, 0.2) is 48.5 Å². The van der Waals surface area contributed by atoms with E-state index in [9.17, 15) is 4.79 Å². The number of hydrogen-bond donors (Lipinski definition) is 0. The van der Waals surface area contributed by atoms with Crippen molar-refractivity contribution in [1.82, 2.24) is 4.90 Å². The van der Waals surface area contributed by atoms with Crippen LogP contribution in [0.1, 0.15) is 18.1 Å².